The molecule has 0 aromatic rings. The van der Waals surface area contributed by atoms with Crippen molar-refractivity contribution in [1.82, 2.24) is 0 Å². The second-order valence-electron chi connectivity index (χ2n) is 0.491. The van der Waals surface area contributed by atoms with E-state index in [1.807, 2.05) is 0 Å². The zero-order valence-electron chi connectivity index (χ0n) is 3.16. The van der Waals surface area contributed by atoms with Crippen LogP contribution in [0.5, 0.6) is 0 Å². The molecule has 0 aliphatic rings. The predicted octanol–water partition coefficient (Wildman–Crippen LogP) is -5.21. The van der Waals surface area contributed by atoms with Gasteiger partial charge in [-0.15, -0.1) is 0 Å². The van der Waals surface area contributed by atoms with E-state index in [0.717, 1.165) is 0 Å². The fraction of sp³-hybridized carbons (Fsp3) is 0. The quantitative estimate of drug-likeness (QED) is 0.274. The van der Waals surface area contributed by atoms with Crippen LogP contribution >= 0.6 is 7.82 Å². The van der Waals surface area contributed by atoms with Gasteiger partial charge in [0.05, 0.1) is 0 Å². The normalized spacial score (nSPS) is 8.43. The molecular formula is H3KNaO4P. The van der Waals surface area contributed by atoms with Gasteiger partial charge in [-0.25, -0.2) is 0 Å². The molecule has 4 nitrogen and oxygen atoms in total. The summed E-state index contributed by atoms with van der Waals surface area (Å²) in [5, 5.41) is 0. The standard InChI is InChI=1S/K.Na.H3O4P.H/c;;1-5(2,3)4;/h;;(H3,1,2,3,4);/q+1;;;/p-1. The molecule has 0 aromatic heterocycles. The van der Waals surface area contributed by atoms with Crippen LogP contribution in [0.3, 0.4) is 0 Å². The van der Waals surface area contributed by atoms with Crippen LogP contribution in [0, 0.1) is 0 Å². The Morgan fingerprint density at radius 1 is 1.43 bits per heavy atom. The average molecular weight is 160 g/mol. The van der Waals surface area contributed by atoms with E-state index in [9.17, 15) is 0 Å². The first-order chi connectivity index (χ1) is 2.00. The molecule has 0 bridgehead atoms. The Morgan fingerprint density at radius 2 is 1.43 bits per heavy atom. The van der Waals surface area contributed by atoms with Gasteiger partial charge < -0.3 is 14.7 Å². The first-order valence-electron chi connectivity index (χ1n) is 0.765. The van der Waals surface area contributed by atoms with E-state index in [4.69, 9.17) is 19.2 Å². The topological polar surface area (TPSA) is 80.6 Å². The summed E-state index contributed by atoms with van der Waals surface area (Å²) < 4.78 is 8.77. The maximum absolute atomic E-state index is 8.77. The SMILES string of the molecule is O=P([O-])(O)O.[K+].[NaH]. The van der Waals surface area contributed by atoms with E-state index in [1.54, 1.807) is 0 Å². The van der Waals surface area contributed by atoms with E-state index in [2.05, 4.69) is 0 Å². The number of rotatable bonds is 0. The molecule has 0 saturated carbocycles. The molecule has 0 unspecified atom stereocenters. The maximum atomic E-state index is 8.77. The molecular weight excluding hydrogens is 157 g/mol. The minimum absolute atomic E-state index is 0. The molecule has 0 heterocycles. The summed E-state index contributed by atoms with van der Waals surface area (Å²) in [5.41, 5.74) is 0. The van der Waals surface area contributed by atoms with Gasteiger partial charge >= 0.3 is 80.9 Å². The summed E-state index contributed by atoms with van der Waals surface area (Å²) in [6.07, 6.45) is 0. The van der Waals surface area contributed by atoms with E-state index < -0.39 is 7.82 Å². The van der Waals surface area contributed by atoms with Gasteiger partial charge in [0, 0.05) is 0 Å². The van der Waals surface area contributed by atoms with Crippen LogP contribution in [0.4, 0.5) is 0 Å². The molecule has 34 valence electrons. The van der Waals surface area contributed by atoms with Crippen molar-refractivity contribution in [3.8, 4) is 0 Å². The van der Waals surface area contributed by atoms with Gasteiger partial charge in [0.2, 0.25) is 0 Å². The van der Waals surface area contributed by atoms with Crippen molar-refractivity contribution in [2.24, 2.45) is 0 Å². The van der Waals surface area contributed by atoms with Gasteiger partial charge in [-0.05, 0) is 0 Å². The predicted molar refractivity (Wildman–Crippen MR) is 19.2 cm³/mol. The molecule has 0 fully saturated rings. The Balaban J connectivity index is -0.0000000800. The third kappa shape index (κ3) is 52.8. The fourth-order valence-electron chi connectivity index (χ4n) is 0. The van der Waals surface area contributed by atoms with Gasteiger partial charge in [0.25, 0.3) is 7.82 Å². The summed E-state index contributed by atoms with van der Waals surface area (Å²) in [5.74, 6) is 0. The van der Waals surface area contributed by atoms with Crippen LogP contribution in [-0.4, -0.2) is 39.3 Å². The van der Waals surface area contributed by atoms with E-state index in [1.165, 1.54) is 0 Å². The monoisotopic (exact) mass is 160 g/mol. The molecule has 7 heavy (non-hydrogen) atoms. The van der Waals surface area contributed by atoms with E-state index >= 15 is 0 Å². The van der Waals surface area contributed by atoms with Crippen molar-refractivity contribution in [1.29, 1.82) is 0 Å². The Bertz CT molecular complexity index is 57.8. The second-order valence-corrected chi connectivity index (χ2v) is 1.47. The van der Waals surface area contributed by atoms with Gasteiger partial charge in [-0.3, -0.25) is 4.57 Å². The number of hydrogen-bond donors (Lipinski definition) is 2. The summed E-state index contributed by atoms with van der Waals surface area (Å²) in [6, 6.07) is 0. The Hall–Kier alpha value is 2.75. The van der Waals surface area contributed by atoms with Gasteiger partial charge in [-0.1, -0.05) is 0 Å². The zero-order chi connectivity index (χ0) is 4.50. The molecule has 0 spiro atoms. The molecule has 2 N–H and O–H groups in total. The molecule has 0 radical (unpaired) electrons. The molecule has 0 amide bonds. The number of phosphoric acid groups is 1. The van der Waals surface area contributed by atoms with Crippen LogP contribution in [0.2, 0.25) is 0 Å². The minimum atomic E-state index is -4.89. The molecule has 0 aromatic carbocycles. The summed E-state index contributed by atoms with van der Waals surface area (Å²) in [4.78, 5) is 22.9. The second kappa shape index (κ2) is 6.86. The molecule has 0 atom stereocenters. The summed E-state index contributed by atoms with van der Waals surface area (Å²) in [7, 11) is -4.89. The third-order valence-electron chi connectivity index (χ3n) is 0. The van der Waals surface area contributed by atoms with Crippen molar-refractivity contribution >= 4 is 37.4 Å². The van der Waals surface area contributed by atoms with Crippen LogP contribution in [-0.2, 0) is 4.57 Å². The first-order valence-corrected chi connectivity index (χ1v) is 2.30. The summed E-state index contributed by atoms with van der Waals surface area (Å²) in [6.45, 7) is 0. The van der Waals surface area contributed by atoms with E-state index in [-0.39, 0.29) is 80.9 Å². The van der Waals surface area contributed by atoms with Crippen molar-refractivity contribution in [2.45, 2.75) is 0 Å². The van der Waals surface area contributed by atoms with Gasteiger partial charge in [0.15, 0.2) is 0 Å². The summed E-state index contributed by atoms with van der Waals surface area (Å²) >= 11 is 0. The Kier molecular flexibility index (Phi) is 16.1. The zero-order valence-corrected chi connectivity index (χ0v) is 7.18. The van der Waals surface area contributed by atoms with Crippen LogP contribution in [0.25, 0.3) is 0 Å². The van der Waals surface area contributed by atoms with Crippen LogP contribution in [0.1, 0.15) is 0 Å². The van der Waals surface area contributed by atoms with Gasteiger partial charge in [-0.2, -0.15) is 0 Å². The molecule has 7 heteroatoms. The molecule has 0 saturated heterocycles. The number of hydrogen-bond acceptors (Lipinski definition) is 2. The van der Waals surface area contributed by atoms with Crippen molar-refractivity contribution in [3.63, 3.8) is 0 Å². The van der Waals surface area contributed by atoms with Crippen LogP contribution in [0.15, 0.2) is 0 Å². The van der Waals surface area contributed by atoms with Gasteiger partial charge in [0.1, 0.15) is 0 Å². The van der Waals surface area contributed by atoms with Crippen molar-refractivity contribution in [2.75, 3.05) is 0 Å². The Labute approximate surface area is 106 Å². The van der Waals surface area contributed by atoms with E-state index in [0.29, 0.717) is 0 Å². The third-order valence-corrected chi connectivity index (χ3v) is 0. The average Bonchev–Trinajstić information content (AvgIpc) is 0.722. The molecule has 0 rings (SSSR count). The van der Waals surface area contributed by atoms with Crippen LogP contribution < -0.4 is 56.3 Å². The van der Waals surface area contributed by atoms with Crippen molar-refractivity contribution < 1.29 is 70.6 Å². The first kappa shape index (κ1) is 16.4. The fourth-order valence-corrected chi connectivity index (χ4v) is 0. The Morgan fingerprint density at radius 3 is 1.43 bits per heavy atom. The molecule has 0 aliphatic heterocycles. The van der Waals surface area contributed by atoms with Crippen molar-refractivity contribution in [3.05, 3.63) is 0 Å². The molecule has 0 aliphatic carbocycles.